The number of ether oxygens (including phenoxy) is 2. The number of aliphatic imine (C=N–C) groups is 1. The van der Waals surface area contributed by atoms with Gasteiger partial charge in [0.05, 0.1) is 13.2 Å². The van der Waals surface area contributed by atoms with Crippen molar-refractivity contribution in [2.75, 3.05) is 26.3 Å². The number of alkyl halides is 2. The van der Waals surface area contributed by atoms with Gasteiger partial charge in [-0.3, -0.25) is 0 Å². The molecule has 0 amide bonds. The molecule has 0 bridgehead atoms. The third-order valence-corrected chi connectivity index (χ3v) is 3.12. The molecule has 8 heteroatoms. The summed E-state index contributed by atoms with van der Waals surface area (Å²) in [5.41, 5.74) is 0.606. The molecule has 1 rings (SSSR count). The summed E-state index contributed by atoms with van der Waals surface area (Å²) in [6, 6.07) is 6.66. The number of hydrogen-bond acceptors (Lipinski definition) is 3. The van der Waals surface area contributed by atoms with Crippen LogP contribution in [0.2, 0.25) is 0 Å². The Bertz CT molecular complexity index is 491. The van der Waals surface area contributed by atoms with Gasteiger partial charge in [-0.1, -0.05) is 31.5 Å². The molecule has 0 saturated heterocycles. The summed E-state index contributed by atoms with van der Waals surface area (Å²) in [4.78, 5) is 4.40. The van der Waals surface area contributed by atoms with Crippen molar-refractivity contribution in [1.29, 1.82) is 0 Å². The van der Waals surface area contributed by atoms with Crippen molar-refractivity contribution >= 4 is 29.9 Å². The van der Waals surface area contributed by atoms with E-state index in [2.05, 4.69) is 27.3 Å². The van der Waals surface area contributed by atoms with Crippen molar-refractivity contribution < 1.29 is 18.3 Å². The SMILES string of the molecule is CCCCOCCNC(=NCc1ccccc1OC(F)F)NCC.I. The largest absolute Gasteiger partial charge is 0.434 e. The fourth-order valence-electron chi connectivity index (χ4n) is 1.94. The van der Waals surface area contributed by atoms with Gasteiger partial charge in [0.1, 0.15) is 5.75 Å². The molecule has 1 aromatic carbocycles. The molecule has 0 unspecified atom stereocenters. The monoisotopic (exact) mass is 471 g/mol. The average Bonchev–Trinajstić information content (AvgIpc) is 2.56. The molecule has 0 aliphatic heterocycles. The van der Waals surface area contributed by atoms with Crippen molar-refractivity contribution in [2.24, 2.45) is 4.99 Å². The Hall–Kier alpha value is -1.16. The Morgan fingerprint density at radius 1 is 1.16 bits per heavy atom. The fraction of sp³-hybridized carbons (Fsp3) is 0.588. The van der Waals surface area contributed by atoms with Crippen LogP contribution >= 0.6 is 24.0 Å². The van der Waals surface area contributed by atoms with E-state index in [-0.39, 0.29) is 36.3 Å². The third-order valence-electron chi connectivity index (χ3n) is 3.12. The van der Waals surface area contributed by atoms with Crippen LogP contribution in [-0.2, 0) is 11.3 Å². The van der Waals surface area contributed by atoms with Crippen LogP contribution in [0.4, 0.5) is 8.78 Å². The van der Waals surface area contributed by atoms with Crippen molar-refractivity contribution in [3.8, 4) is 5.75 Å². The summed E-state index contributed by atoms with van der Waals surface area (Å²) in [7, 11) is 0. The molecule has 144 valence electrons. The van der Waals surface area contributed by atoms with E-state index in [4.69, 9.17) is 4.74 Å². The highest BCUT2D eigenvalue weighted by atomic mass is 127. The number of halogens is 3. The maximum Gasteiger partial charge on any atom is 0.387 e. The second-order valence-electron chi connectivity index (χ2n) is 5.07. The summed E-state index contributed by atoms with van der Waals surface area (Å²) < 4.78 is 34.8. The number of hydrogen-bond donors (Lipinski definition) is 2. The summed E-state index contributed by atoms with van der Waals surface area (Å²) >= 11 is 0. The zero-order valence-electron chi connectivity index (χ0n) is 14.8. The van der Waals surface area contributed by atoms with Gasteiger partial charge in [0, 0.05) is 25.3 Å². The van der Waals surface area contributed by atoms with Crippen molar-refractivity contribution in [3.05, 3.63) is 29.8 Å². The van der Waals surface area contributed by atoms with Gasteiger partial charge in [-0.25, -0.2) is 4.99 Å². The molecule has 0 atom stereocenters. The zero-order valence-corrected chi connectivity index (χ0v) is 17.1. The second kappa shape index (κ2) is 15.1. The number of nitrogens with one attached hydrogen (secondary N) is 2. The quantitative estimate of drug-likeness (QED) is 0.223. The molecule has 2 N–H and O–H groups in total. The van der Waals surface area contributed by atoms with Crippen LogP contribution in [-0.4, -0.2) is 38.9 Å². The van der Waals surface area contributed by atoms with Gasteiger partial charge in [0.2, 0.25) is 0 Å². The highest BCUT2D eigenvalue weighted by Crippen LogP contribution is 2.20. The first-order chi connectivity index (χ1) is 11.7. The van der Waals surface area contributed by atoms with Gasteiger partial charge >= 0.3 is 6.61 Å². The summed E-state index contributed by atoms with van der Waals surface area (Å²) in [5.74, 6) is 0.762. The van der Waals surface area contributed by atoms with Crippen molar-refractivity contribution in [3.63, 3.8) is 0 Å². The van der Waals surface area contributed by atoms with E-state index < -0.39 is 6.61 Å². The lowest BCUT2D eigenvalue weighted by Gasteiger charge is -2.13. The lowest BCUT2D eigenvalue weighted by molar-refractivity contribution is -0.0504. The Labute approximate surface area is 165 Å². The smallest absolute Gasteiger partial charge is 0.387 e. The third kappa shape index (κ3) is 11.1. The van der Waals surface area contributed by atoms with Gasteiger partial charge in [0.15, 0.2) is 5.96 Å². The summed E-state index contributed by atoms with van der Waals surface area (Å²) in [6.45, 7) is 4.16. The van der Waals surface area contributed by atoms with E-state index >= 15 is 0 Å². The van der Waals surface area contributed by atoms with Crippen LogP contribution in [0.15, 0.2) is 29.3 Å². The Balaban J connectivity index is 0.00000576. The average molecular weight is 471 g/mol. The first kappa shape index (κ1) is 23.8. The first-order valence-corrected chi connectivity index (χ1v) is 8.30. The first-order valence-electron chi connectivity index (χ1n) is 8.30. The molecule has 25 heavy (non-hydrogen) atoms. The van der Waals surface area contributed by atoms with E-state index in [1.807, 2.05) is 6.92 Å². The highest BCUT2D eigenvalue weighted by Gasteiger charge is 2.08. The molecule has 0 heterocycles. The number of benzene rings is 1. The minimum Gasteiger partial charge on any atom is -0.434 e. The topological polar surface area (TPSA) is 54.9 Å². The fourth-order valence-corrected chi connectivity index (χ4v) is 1.94. The predicted molar refractivity (Wildman–Crippen MR) is 107 cm³/mol. The maximum atomic E-state index is 12.4. The van der Waals surface area contributed by atoms with Crippen LogP contribution in [0, 0.1) is 0 Å². The van der Waals surface area contributed by atoms with Crippen LogP contribution in [0.5, 0.6) is 5.75 Å². The van der Waals surface area contributed by atoms with Crippen LogP contribution < -0.4 is 15.4 Å². The zero-order chi connectivity index (χ0) is 17.6. The molecule has 0 aliphatic carbocycles. The van der Waals surface area contributed by atoms with E-state index in [1.165, 1.54) is 6.07 Å². The van der Waals surface area contributed by atoms with E-state index in [9.17, 15) is 8.78 Å². The molecule has 0 radical (unpaired) electrons. The molecular formula is C17H28F2IN3O2. The highest BCUT2D eigenvalue weighted by molar-refractivity contribution is 14.0. The van der Waals surface area contributed by atoms with Crippen LogP contribution in [0.3, 0.4) is 0 Å². The van der Waals surface area contributed by atoms with Gasteiger partial charge in [0.25, 0.3) is 0 Å². The van der Waals surface area contributed by atoms with Gasteiger partial charge in [-0.2, -0.15) is 8.78 Å². The molecule has 0 aliphatic rings. The number of rotatable bonds is 11. The van der Waals surface area contributed by atoms with Crippen molar-refractivity contribution in [2.45, 2.75) is 39.8 Å². The van der Waals surface area contributed by atoms with Crippen molar-refractivity contribution in [1.82, 2.24) is 10.6 Å². The van der Waals surface area contributed by atoms with E-state index in [0.29, 0.717) is 31.2 Å². The van der Waals surface area contributed by atoms with E-state index in [0.717, 1.165) is 19.4 Å². The molecule has 1 aromatic rings. The number of unbranched alkanes of at least 4 members (excludes halogenated alkanes) is 1. The minimum atomic E-state index is -2.85. The summed E-state index contributed by atoms with van der Waals surface area (Å²) in [5, 5.41) is 6.26. The van der Waals surface area contributed by atoms with Gasteiger partial charge in [-0.05, 0) is 19.4 Å². The molecule has 0 fully saturated rings. The molecule has 5 nitrogen and oxygen atoms in total. The molecule has 0 saturated carbocycles. The number of guanidine groups is 1. The lowest BCUT2D eigenvalue weighted by Crippen LogP contribution is -2.39. The number of para-hydroxylation sites is 1. The second-order valence-corrected chi connectivity index (χ2v) is 5.07. The predicted octanol–water partition coefficient (Wildman–Crippen LogP) is 3.78. The molecular weight excluding hydrogens is 443 g/mol. The Morgan fingerprint density at radius 3 is 2.60 bits per heavy atom. The molecule has 0 spiro atoms. The van der Waals surface area contributed by atoms with Crippen LogP contribution in [0.25, 0.3) is 0 Å². The van der Waals surface area contributed by atoms with Gasteiger partial charge < -0.3 is 20.1 Å². The standard InChI is InChI=1S/C17H27F2N3O2.HI/c1-3-5-11-23-12-10-21-17(20-4-2)22-13-14-8-6-7-9-15(14)24-16(18)19;/h6-9,16H,3-5,10-13H2,1-2H3,(H2,20,21,22);1H. The normalized spacial score (nSPS) is 11.2. The molecule has 0 aromatic heterocycles. The van der Waals surface area contributed by atoms with E-state index in [1.54, 1.807) is 18.2 Å². The van der Waals surface area contributed by atoms with Gasteiger partial charge in [-0.15, -0.1) is 24.0 Å². The Morgan fingerprint density at radius 2 is 1.92 bits per heavy atom. The lowest BCUT2D eigenvalue weighted by atomic mass is 10.2. The Kier molecular flexibility index (Phi) is 14.4. The maximum absolute atomic E-state index is 12.4. The summed E-state index contributed by atoms with van der Waals surface area (Å²) in [6.07, 6.45) is 2.16. The number of nitrogens with zero attached hydrogens (tertiary/aromatic N) is 1. The van der Waals surface area contributed by atoms with Crippen LogP contribution in [0.1, 0.15) is 32.3 Å². The minimum absolute atomic E-state index is 0.